The van der Waals surface area contributed by atoms with Crippen molar-refractivity contribution in [3.8, 4) is 0 Å². The second-order valence-electron chi connectivity index (χ2n) is 3.40. The standard InChI is InChI=1S/C11H14O3Se/c12-10-6-13-8-14-7-11(10)15-9-4-2-1-3-5-9/h1-5,10-12H,6-8H2/t10-,11-/m0/s1. The van der Waals surface area contributed by atoms with E-state index in [0.29, 0.717) is 20.0 Å². The molecule has 2 rings (SSSR count). The van der Waals surface area contributed by atoms with Crippen LogP contribution in [0.4, 0.5) is 0 Å². The molecule has 1 saturated heterocycles. The topological polar surface area (TPSA) is 38.7 Å². The van der Waals surface area contributed by atoms with E-state index in [1.54, 1.807) is 0 Å². The third kappa shape index (κ3) is 3.30. The van der Waals surface area contributed by atoms with Crippen LogP contribution in [-0.4, -0.2) is 46.2 Å². The van der Waals surface area contributed by atoms with Gasteiger partial charge in [0.15, 0.2) is 0 Å². The second-order valence-corrected chi connectivity index (χ2v) is 6.15. The Morgan fingerprint density at radius 2 is 1.87 bits per heavy atom. The third-order valence-electron chi connectivity index (χ3n) is 2.20. The van der Waals surface area contributed by atoms with Gasteiger partial charge in [-0.05, 0) is 0 Å². The summed E-state index contributed by atoms with van der Waals surface area (Å²) in [6.45, 7) is 1.29. The molecule has 1 heterocycles. The summed E-state index contributed by atoms with van der Waals surface area (Å²) in [5, 5.41) is 9.82. The van der Waals surface area contributed by atoms with Gasteiger partial charge < -0.3 is 0 Å². The first-order chi connectivity index (χ1) is 7.36. The van der Waals surface area contributed by atoms with Gasteiger partial charge in [-0.15, -0.1) is 0 Å². The maximum atomic E-state index is 9.82. The summed E-state index contributed by atoms with van der Waals surface area (Å²) in [4.78, 5) is 0.197. The van der Waals surface area contributed by atoms with Crippen molar-refractivity contribution in [1.82, 2.24) is 0 Å². The first-order valence-corrected chi connectivity index (χ1v) is 6.76. The molecule has 0 aromatic heterocycles. The van der Waals surface area contributed by atoms with E-state index in [0.717, 1.165) is 0 Å². The van der Waals surface area contributed by atoms with Crippen molar-refractivity contribution in [3.63, 3.8) is 0 Å². The number of aliphatic hydroxyl groups excluding tert-OH is 1. The van der Waals surface area contributed by atoms with Gasteiger partial charge in [0.1, 0.15) is 0 Å². The Hall–Kier alpha value is -0.381. The molecule has 15 heavy (non-hydrogen) atoms. The molecule has 0 bridgehead atoms. The zero-order valence-electron chi connectivity index (χ0n) is 8.33. The van der Waals surface area contributed by atoms with Crippen LogP contribution in [0.1, 0.15) is 0 Å². The van der Waals surface area contributed by atoms with Gasteiger partial charge in [0.2, 0.25) is 0 Å². The number of rotatable bonds is 2. The van der Waals surface area contributed by atoms with Crippen LogP contribution < -0.4 is 4.46 Å². The Labute approximate surface area is 95.6 Å². The van der Waals surface area contributed by atoms with Crippen LogP contribution >= 0.6 is 0 Å². The van der Waals surface area contributed by atoms with Crippen molar-refractivity contribution < 1.29 is 14.6 Å². The molecule has 0 unspecified atom stereocenters. The van der Waals surface area contributed by atoms with Gasteiger partial charge in [0.25, 0.3) is 0 Å². The molecule has 0 aliphatic carbocycles. The summed E-state index contributed by atoms with van der Waals surface area (Å²) in [5.74, 6) is 0. The van der Waals surface area contributed by atoms with E-state index in [2.05, 4.69) is 12.1 Å². The first kappa shape index (κ1) is 11.1. The van der Waals surface area contributed by atoms with Crippen molar-refractivity contribution in [1.29, 1.82) is 0 Å². The monoisotopic (exact) mass is 274 g/mol. The summed E-state index contributed by atoms with van der Waals surface area (Å²) < 4.78 is 11.7. The van der Waals surface area contributed by atoms with Crippen LogP contribution in [-0.2, 0) is 9.47 Å². The van der Waals surface area contributed by atoms with Crippen LogP contribution in [0.2, 0.25) is 4.82 Å². The van der Waals surface area contributed by atoms with E-state index in [4.69, 9.17) is 9.47 Å². The Morgan fingerprint density at radius 1 is 1.13 bits per heavy atom. The fraction of sp³-hybridized carbons (Fsp3) is 0.455. The SMILES string of the molecule is O[C@H]1COCOC[C@@H]1[Se]c1ccccc1. The van der Waals surface area contributed by atoms with Crippen LogP contribution in [0.15, 0.2) is 30.3 Å². The molecule has 1 aliphatic heterocycles. The molecular weight excluding hydrogens is 259 g/mol. The molecule has 1 aromatic rings. The summed E-state index contributed by atoms with van der Waals surface area (Å²) in [6, 6.07) is 10.2. The Bertz CT molecular complexity index is 291. The molecule has 2 atom stereocenters. The Morgan fingerprint density at radius 3 is 2.67 bits per heavy atom. The molecule has 1 fully saturated rings. The van der Waals surface area contributed by atoms with Crippen molar-refractivity contribution in [3.05, 3.63) is 30.3 Å². The summed E-state index contributed by atoms with van der Waals surface area (Å²) in [7, 11) is 0. The number of ether oxygens (including phenoxy) is 2. The van der Waals surface area contributed by atoms with E-state index >= 15 is 0 Å². The predicted molar refractivity (Wildman–Crippen MR) is 58.4 cm³/mol. The minimum absolute atomic E-state index is 0.197. The molecule has 0 amide bonds. The van der Waals surface area contributed by atoms with Gasteiger partial charge in [0.05, 0.1) is 0 Å². The van der Waals surface area contributed by atoms with Gasteiger partial charge in [-0.25, -0.2) is 0 Å². The summed E-state index contributed by atoms with van der Waals surface area (Å²) >= 11 is 0.244. The van der Waals surface area contributed by atoms with Crippen LogP contribution in [0.25, 0.3) is 0 Å². The molecular formula is C11H14O3Se. The van der Waals surface area contributed by atoms with Crippen molar-refractivity contribution in [2.75, 3.05) is 20.0 Å². The zero-order valence-corrected chi connectivity index (χ0v) is 10.0. The fourth-order valence-corrected chi connectivity index (χ4v) is 3.63. The number of benzene rings is 1. The number of hydrogen-bond acceptors (Lipinski definition) is 3. The molecule has 1 aliphatic rings. The van der Waals surface area contributed by atoms with E-state index in [1.165, 1.54) is 4.46 Å². The van der Waals surface area contributed by atoms with Crippen molar-refractivity contribution >= 4 is 19.4 Å². The molecule has 82 valence electrons. The average Bonchev–Trinajstić information content (AvgIpc) is 2.46. The Balaban J connectivity index is 1.97. The van der Waals surface area contributed by atoms with Crippen LogP contribution in [0.5, 0.6) is 0 Å². The number of aliphatic hydroxyl groups is 1. The van der Waals surface area contributed by atoms with E-state index in [1.807, 2.05) is 18.2 Å². The summed E-state index contributed by atoms with van der Waals surface area (Å²) in [6.07, 6.45) is -0.396. The molecule has 1 N–H and O–H groups in total. The van der Waals surface area contributed by atoms with E-state index in [-0.39, 0.29) is 19.8 Å². The normalized spacial score (nSPS) is 27.3. The number of hydrogen-bond donors (Lipinski definition) is 1. The van der Waals surface area contributed by atoms with Gasteiger partial charge >= 0.3 is 95.3 Å². The van der Waals surface area contributed by atoms with Crippen molar-refractivity contribution in [2.45, 2.75) is 10.9 Å². The average molecular weight is 273 g/mol. The van der Waals surface area contributed by atoms with Gasteiger partial charge in [-0.3, -0.25) is 0 Å². The molecule has 0 spiro atoms. The molecule has 1 aromatic carbocycles. The predicted octanol–water partition coefficient (Wildman–Crippen LogP) is 0.170. The molecule has 3 nitrogen and oxygen atoms in total. The minimum atomic E-state index is -0.396. The fourth-order valence-electron chi connectivity index (χ4n) is 1.40. The first-order valence-electron chi connectivity index (χ1n) is 4.91. The van der Waals surface area contributed by atoms with E-state index in [9.17, 15) is 5.11 Å². The molecule has 4 heteroatoms. The van der Waals surface area contributed by atoms with Gasteiger partial charge in [0, 0.05) is 0 Å². The van der Waals surface area contributed by atoms with Crippen molar-refractivity contribution in [2.24, 2.45) is 0 Å². The van der Waals surface area contributed by atoms with Crippen LogP contribution in [0, 0.1) is 0 Å². The van der Waals surface area contributed by atoms with E-state index < -0.39 is 6.10 Å². The van der Waals surface area contributed by atoms with Gasteiger partial charge in [-0.1, -0.05) is 0 Å². The zero-order chi connectivity index (χ0) is 10.5. The Kier molecular flexibility index (Phi) is 4.18. The molecule has 0 saturated carbocycles. The van der Waals surface area contributed by atoms with Gasteiger partial charge in [-0.2, -0.15) is 0 Å². The van der Waals surface area contributed by atoms with Crippen LogP contribution in [0.3, 0.4) is 0 Å². The maximum absolute atomic E-state index is 9.82. The second kappa shape index (κ2) is 5.63. The molecule has 0 radical (unpaired) electrons. The summed E-state index contributed by atoms with van der Waals surface area (Å²) in [5.41, 5.74) is 0. The quantitative estimate of drug-likeness (QED) is 0.781. The third-order valence-corrected chi connectivity index (χ3v) is 4.92.